The van der Waals surface area contributed by atoms with Crippen LogP contribution in [0.25, 0.3) is 22.3 Å². The molecule has 8 rings (SSSR count). The average Bonchev–Trinajstić information content (AvgIpc) is 1.49. The number of para-hydroxylation sites is 1. The van der Waals surface area contributed by atoms with Gasteiger partial charge in [0.05, 0.1) is 166 Å². The number of rotatable bonds is 53. The van der Waals surface area contributed by atoms with Crippen molar-refractivity contribution in [1.82, 2.24) is 54.8 Å². The Labute approximate surface area is 655 Å². The number of hydrogen-bond donors (Lipinski definition) is 5. The lowest BCUT2D eigenvalue weighted by atomic mass is 9.85. The van der Waals surface area contributed by atoms with Crippen molar-refractivity contribution in [2.75, 3.05) is 156 Å². The first kappa shape index (κ1) is 88.6. The van der Waals surface area contributed by atoms with Gasteiger partial charge in [-0.05, 0) is 101 Å². The molecule has 2 aromatic carbocycles. The van der Waals surface area contributed by atoms with Crippen LogP contribution in [-0.4, -0.2) is 246 Å². The molecule has 6 N–H and O–H groups in total. The number of amides is 4. The van der Waals surface area contributed by atoms with Gasteiger partial charge in [-0.25, -0.2) is 37.6 Å². The molecule has 2 atom stereocenters. The zero-order chi connectivity index (χ0) is 79.9. The Kier molecular flexibility index (Phi) is 37.6. The molecule has 0 saturated heterocycles. The fraction of sp³-hybridized carbons (Fsp3) is 0.553. The molecule has 4 aromatic heterocycles. The number of nitrogens with two attached hydrogens (primary N) is 1. The molecule has 0 unspecified atom stereocenters. The highest BCUT2D eigenvalue weighted by molar-refractivity contribution is 7.98. The Bertz CT molecular complexity index is 4260. The van der Waals surface area contributed by atoms with Gasteiger partial charge in [-0.3, -0.25) is 24.0 Å². The number of anilines is 1. The number of carbonyl (C=O) groups excluding carboxylic acids is 6. The Morgan fingerprint density at radius 2 is 1.40 bits per heavy atom. The summed E-state index contributed by atoms with van der Waals surface area (Å²) in [5.74, 6) is 3.49. The van der Waals surface area contributed by atoms with E-state index in [9.17, 15) is 42.0 Å². The van der Waals surface area contributed by atoms with Gasteiger partial charge in [0.1, 0.15) is 38.2 Å². The molecule has 112 heavy (non-hydrogen) atoms. The van der Waals surface area contributed by atoms with Gasteiger partial charge in [0.25, 0.3) is 5.56 Å². The molecule has 0 aliphatic carbocycles. The maximum absolute atomic E-state index is 14.4. The lowest BCUT2D eigenvalue weighted by Gasteiger charge is -2.35. The number of thioether (sulfide) groups is 1. The van der Waals surface area contributed by atoms with Crippen molar-refractivity contribution in [3.63, 3.8) is 0 Å². The van der Waals surface area contributed by atoms with E-state index in [1.54, 1.807) is 65.1 Å². The fourth-order valence-electron chi connectivity index (χ4n) is 12.0. The summed E-state index contributed by atoms with van der Waals surface area (Å²) < 4.78 is 96.9. The van der Waals surface area contributed by atoms with Gasteiger partial charge in [-0.2, -0.15) is 4.31 Å². The third-order valence-corrected chi connectivity index (χ3v) is 19.6. The highest BCUT2D eigenvalue weighted by Crippen LogP contribution is 2.42. The van der Waals surface area contributed by atoms with Gasteiger partial charge in [-0.1, -0.05) is 66.1 Å². The van der Waals surface area contributed by atoms with Crippen LogP contribution in [0.15, 0.2) is 83.1 Å². The minimum Gasteiger partial charge on any atom is -0.457 e. The van der Waals surface area contributed by atoms with Crippen molar-refractivity contribution in [2.45, 2.75) is 128 Å². The van der Waals surface area contributed by atoms with Gasteiger partial charge >= 0.3 is 12.1 Å². The van der Waals surface area contributed by atoms with Crippen LogP contribution in [0, 0.1) is 11.8 Å². The lowest BCUT2D eigenvalue weighted by molar-refractivity contribution is -0.175. The zero-order valence-electron chi connectivity index (χ0n) is 64.2. The average molecular weight is 1600 g/mol. The van der Waals surface area contributed by atoms with E-state index in [4.69, 9.17) is 67.6 Å². The molecule has 6 aromatic rings. The number of ether oxygens (including phenoxy) is 12. The van der Waals surface area contributed by atoms with Crippen LogP contribution in [0.5, 0.6) is 0 Å². The van der Waals surface area contributed by atoms with E-state index in [1.165, 1.54) is 22.3 Å². The molecule has 2 aliphatic rings. The van der Waals surface area contributed by atoms with Crippen LogP contribution in [0.3, 0.4) is 0 Å². The van der Waals surface area contributed by atoms with Crippen molar-refractivity contribution in [1.29, 1.82) is 0 Å². The van der Waals surface area contributed by atoms with Crippen LogP contribution >= 0.6 is 11.8 Å². The van der Waals surface area contributed by atoms with E-state index in [-0.39, 0.29) is 75.4 Å². The van der Waals surface area contributed by atoms with E-state index >= 15 is 0 Å². The molecular formula is C76H103N13O21S2. The van der Waals surface area contributed by atoms with E-state index in [1.807, 2.05) is 44.4 Å². The molecule has 34 nitrogen and oxygen atoms in total. The minimum absolute atomic E-state index is 0.0750. The molecule has 610 valence electrons. The number of nitrogens with zero attached hydrogens (tertiary/aromatic N) is 8. The molecule has 0 fully saturated rings. The molecular weight excluding hydrogens is 1500 g/mol. The highest BCUT2D eigenvalue weighted by Gasteiger charge is 2.51. The molecule has 0 bridgehead atoms. The molecule has 0 saturated carbocycles. The number of cyclic esters (lactones) is 1. The number of nitrogens with one attached hydrogen (secondary N) is 4. The molecule has 0 radical (unpaired) electrons. The van der Waals surface area contributed by atoms with Crippen molar-refractivity contribution in [3.05, 3.63) is 123 Å². The van der Waals surface area contributed by atoms with Gasteiger partial charge in [-0.15, -0.1) is 5.10 Å². The number of carbonyl (C=O) groups is 6. The maximum atomic E-state index is 14.4. The van der Waals surface area contributed by atoms with Gasteiger partial charge in [0.2, 0.25) is 39.3 Å². The summed E-state index contributed by atoms with van der Waals surface area (Å²) >= 11 is 1.47. The SMILES string of the molecule is CC[C@@]1(OC(=O)OCc2ccc(NC(=O)[C@H](CCCCN)NC(=O)COCC(=O)NCCOCCOCCOCCOCCOCCOCCOCCOCCn3cc(CNC(=O)CCCC#Cc4cnc(SC)nc4)nn3)cc2)C(=O)OCc2c1cc1n(c2=O)Cc2c-1nc1ccccc1c2CCN(C(C)C)S(C)(=O)=O. The lowest BCUT2D eigenvalue weighted by Crippen LogP contribution is -2.47. The third kappa shape index (κ3) is 28.6. The first-order valence-electron chi connectivity index (χ1n) is 37.3. The summed E-state index contributed by atoms with van der Waals surface area (Å²) in [6, 6.07) is 14.2. The number of aromatic nitrogens is 7. The Balaban J connectivity index is 0.601. The van der Waals surface area contributed by atoms with E-state index in [0.29, 0.717) is 196 Å². The fourth-order valence-corrected chi connectivity index (χ4v) is 13.5. The van der Waals surface area contributed by atoms with E-state index in [2.05, 4.69) is 53.4 Å². The van der Waals surface area contributed by atoms with E-state index in [0.717, 1.165) is 22.1 Å². The monoisotopic (exact) mass is 1600 g/mol. The van der Waals surface area contributed by atoms with Gasteiger partial charge in [0.15, 0.2) is 5.16 Å². The number of benzene rings is 2. The van der Waals surface area contributed by atoms with Crippen molar-refractivity contribution in [3.8, 4) is 23.2 Å². The minimum atomic E-state index is -3.54. The largest absolute Gasteiger partial charge is 0.510 e. The number of hydrogen-bond acceptors (Lipinski definition) is 28. The van der Waals surface area contributed by atoms with Gasteiger partial charge < -0.3 is 88.4 Å². The number of unbranched alkanes of at least 4 members (excludes halogenated alkanes) is 2. The first-order valence-corrected chi connectivity index (χ1v) is 40.4. The maximum Gasteiger partial charge on any atom is 0.510 e. The normalized spacial score (nSPS) is 13.9. The smallest absolute Gasteiger partial charge is 0.457 e. The van der Waals surface area contributed by atoms with Crippen molar-refractivity contribution in [2.24, 2.45) is 5.73 Å². The summed E-state index contributed by atoms with van der Waals surface area (Å²) in [5.41, 5.74) is 8.78. The van der Waals surface area contributed by atoms with Crippen LogP contribution < -0.4 is 32.6 Å². The summed E-state index contributed by atoms with van der Waals surface area (Å²) in [4.78, 5) is 106. The zero-order valence-corrected chi connectivity index (χ0v) is 65.8. The van der Waals surface area contributed by atoms with Crippen LogP contribution in [-0.2, 0) is 136 Å². The number of sulfonamides is 1. The number of esters is 1. The van der Waals surface area contributed by atoms with Crippen molar-refractivity contribution >= 4 is 74.1 Å². The topological polar surface area (TPSA) is 416 Å². The second-order valence-corrected chi connectivity index (χ2v) is 28.8. The molecule has 4 amide bonds. The summed E-state index contributed by atoms with van der Waals surface area (Å²) in [7, 11) is -3.54. The molecule has 2 aliphatic heterocycles. The standard InChI is InChI=1S/C76H103N13O21S2/c1-6-76(63-44-66-70-61(49-88(66)72(94)62(63)51-108-73(76)95)59(60-15-10-11-16-64(60)84-70)23-26-89(54(2)3)112(5,97)98)110-75(96)109-50-55-19-21-57(22-20-55)82-71(93)65(17-12-13-24-77)83-69(92)53-107-52-68(91)78-25-28-99-30-32-101-34-36-103-38-40-105-42-43-106-41-39-104-37-35-102-33-31-100-29-27-87-48-58(85-86-87)47-79-67(90)18-9-7-8-14-56-45-80-74(111-4)81-46-56/h10-11,15-16,19-22,44-46,48,54,65H,6-7,9,12-13,17-18,23-43,47,49-53,77H2,1-5H3,(H,78,91)(H,79,90)(H,82,93)(H,83,92)/t65-,76-/m0/s1. The van der Waals surface area contributed by atoms with Crippen LogP contribution in [0.4, 0.5) is 10.5 Å². The van der Waals surface area contributed by atoms with E-state index < -0.39 is 70.3 Å². The van der Waals surface area contributed by atoms with Crippen molar-refractivity contribution < 1.29 is 94.0 Å². The summed E-state index contributed by atoms with van der Waals surface area (Å²) in [6.45, 7) is 11.5. The predicted molar refractivity (Wildman–Crippen MR) is 411 cm³/mol. The molecule has 6 heterocycles. The second kappa shape index (κ2) is 47.5. The predicted octanol–water partition coefficient (Wildman–Crippen LogP) is 4.11. The highest BCUT2D eigenvalue weighted by atomic mass is 32.2. The second-order valence-electron chi connectivity index (χ2n) is 26.1. The summed E-state index contributed by atoms with van der Waals surface area (Å²) in [5, 5.41) is 20.7. The first-order chi connectivity index (χ1) is 54.3. The summed E-state index contributed by atoms with van der Waals surface area (Å²) in [6.07, 6.45) is 10.2. The van der Waals surface area contributed by atoms with Crippen LogP contribution in [0.1, 0.15) is 105 Å². The quantitative estimate of drug-likeness (QED) is 0.0118. The Hall–Kier alpha value is -8.94. The number of pyridine rings is 2. The number of fused-ring (bicyclic) bond motifs is 5. The molecule has 36 heteroatoms. The molecule has 0 spiro atoms. The third-order valence-electron chi connectivity index (χ3n) is 17.6. The Morgan fingerprint density at radius 3 is 2.03 bits per heavy atom. The van der Waals surface area contributed by atoms with Gasteiger partial charge in [0, 0.05) is 66.6 Å². The van der Waals surface area contributed by atoms with Crippen LogP contribution in [0.2, 0.25) is 0 Å². The Morgan fingerprint density at radius 1 is 0.768 bits per heavy atom.